The summed E-state index contributed by atoms with van der Waals surface area (Å²) in [6.45, 7) is 6.29. The van der Waals surface area contributed by atoms with E-state index in [4.69, 9.17) is 10.5 Å². The van der Waals surface area contributed by atoms with Gasteiger partial charge in [0.2, 0.25) is 0 Å². The average Bonchev–Trinajstić information content (AvgIpc) is 2.72. The molecule has 1 unspecified atom stereocenters. The van der Waals surface area contributed by atoms with Crippen molar-refractivity contribution in [3.63, 3.8) is 0 Å². The second-order valence-corrected chi connectivity index (χ2v) is 5.34. The highest BCUT2D eigenvalue weighted by molar-refractivity contribution is 5.47. The van der Waals surface area contributed by atoms with Gasteiger partial charge in [-0.25, -0.2) is 0 Å². The van der Waals surface area contributed by atoms with Crippen LogP contribution >= 0.6 is 0 Å². The Balaban J connectivity index is 2.19. The summed E-state index contributed by atoms with van der Waals surface area (Å²) < 4.78 is 5.23. The zero-order valence-corrected chi connectivity index (χ0v) is 11.6. The highest BCUT2D eigenvalue weighted by Crippen LogP contribution is 2.37. The first-order chi connectivity index (χ1) is 8.63. The Morgan fingerprint density at radius 2 is 2.22 bits per heavy atom. The molecule has 3 heteroatoms. The average molecular weight is 248 g/mol. The third-order valence-electron chi connectivity index (χ3n) is 3.83. The molecule has 1 aliphatic rings. The lowest BCUT2D eigenvalue weighted by Gasteiger charge is -2.33. The zero-order chi connectivity index (χ0) is 13.1. The van der Waals surface area contributed by atoms with Gasteiger partial charge in [0.25, 0.3) is 0 Å². The SMILES string of the molecule is COCCN(C(C)C)C1CCc2cc(N)ccc21. The highest BCUT2D eigenvalue weighted by Gasteiger charge is 2.29. The molecule has 0 radical (unpaired) electrons. The van der Waals surface area contributed by atoms with E-state index >= 15 is 0 Å². The number of ether oxygens (including phenoxy) is 1. The van der Waals surface area contributed by atoms with E-state index in [-0.39, 0.29) is 0 Å². The van der Waals surface area contributed by atoms with E-state index in [1.54, 1.807) is 7.11 Å². The first kappa shape index (κ1) is 13.4. The second kappa shape index (κ2) is 5.72. The maximum absolute atomic E-state index is 5.86. The van der Waals surface area contributed by atoms with Crippen molar-refractivity contribution in [2.75, 3.05) is 26.0 Å². The van der Waals surface area contributed by atoms with Crippen LogP contribution in [0.2, 0.25) is 0 Å². The van der Waals surface area contributed by atoms with E-state index in [0.717, 1.165) is 25.3 Å². The van der Waals surface area contributed by atoms with Crippen LogP contribution in [0.3, 0.4) is 0 Å². The van der Waals surface area contributed by atoms with Crippen LogP contribution < -0.4 is 5.73 Å². The molecule has 0 aromatic heterocycles. The molecule has 1 atom stereocenters. The minimum Gasteiger partial charge on any atom is -0.399 e. The Kier molecular flexibility index (Phi) is 4.25. The summed E-state index contributed by atoms with van der Waals surface area (Å²) in [6.07, 6.45) is 2.34. The lowest BCUT2D eigenvalue weighted by molar-refractivity contribution is 0.0955. The van der Waals surface area contributed by atoms with E-state index in [0.29, 0.717) is 12.1 Å². The summed E-state index contributed by atoms with van der Waals surface area (Å²) in [5, 5.41) is 0. The minimum absolute atomic E-state index is 0.524. The molecule has 100 valence electrons. The molecule has 1 aromatic rings. The van der Waals surface area contributed by atoms with Crippen LogP contribution in [0.15, 0.2) is 18.2 Å². The van der Waals surface area contributed by atoms with Crippen molar-refractivity contribution in [3.05, 3.63) is 29.3 Å². The van der Waals surface area contributed by atoms with Gasteiger partial charge < -0.3 is 10.5 Å². The monoisotopic (exact) mass is 248 g/mol. The van der Waals surface area contributed by atoms with Gasteiger partial charge in [-0.3, -0.25) is 4.90 Å². The Morgan fingerprint density at radius 1 is 1.44 bits per heavy atom. The number of hydrogen-bond acceptors (Lipinski definition) is 3. The van der Waals surface area contributed by atoms with Crippen molar-refractivity contribution in [2.24, 2.45) is 0 Å². The normalized spacial score (nSPS) is 18.6. The maximum Gasteiger partial charge on any atom is 0.0590 e. The van der Waals surface area contributed by atoms with Crippen LogP contribution in [0.5, 0.6) is 0 Å². The number of nitrogens with zero attached hydrogens (tertiary/aromatic N) is 1. The zero-order valence-electron chi connectivity index (χ0n) is 11.6. The molecule has 2 rings (SSSR count). The number of methoxy groups -OCH3 is 1. The largest absolute Gasteiger partial charge is 0.399 e. The van der Waals surface area contributed by atoms with E-state index in [9.17, 15) is 0 Å². The van der Waals surface area contributed by atoms with Crippen LogP contribution in [0.25, 0.3) is 0 Å². The summed E-state index contributed by atoms with van der Waals surface area (Å²) in [5.74, 6) is 0. The number of nitrogen functional groups attached to an aromatic ring is 1. The number of anilines is 1. The van der Waals surface area contributed by atoms with E-state index in [1.807, 2.05) is 6.07 Å². The van der Waals surface area contributed by atoms with Gasteiger partial charge in [0.1, 0.15) is 0 Å². The van der Waals surface area contributed by atoms with Gasteiger partial charge in [-0.05, 0) is 49.9 Å². The van der Waals surface area contributed by atoms with Crippen LogP contribution in [0.1, 0.15) is 37.4 Å². The highest BCUT2D eigenvalue weighted by atomic mass is 16.5. The maximum atomic E-state index is 5.86. The molecule has 0 saturated carbocycles. The third-order valence-corrected chi connectivity index (χ3v) is 3.83. The predicted octanol–water partition coefficient (Wildman–Crippen LogP) is 2.61. The van der Waals surface area contributed by atoms with Crippen LogP contribution in [-0.2, 0) is 11.2 Å². The fraction of sp³-hybridized carbons (Fsp3) is 0.600. The summed E-state index contributed by atoms with van der Waals surface area (Å²) in [7, 11) is 1.77. The molecular formula is C15H24N2O. The van der Waals surface area contributed by atoms with Crippen LogP contribution in [-0.4, -0.2) is 31.2 Å². The molecule has 0 heterocycles. The fourth-order valence-electron chi connectivity index (χ4n) is 2.93. The number of fused-ring (bicyclic) bond motifs is 1. The Bertz CT molecular complexity index is 403. The Labute approximate surface area is 110 Å². The number of benzene rings is 1. The van der Waals surface area contributed by atoms with Gasteiger partial charge in [0.05, 0.1) is 6.61 Å². The molecule has 0 saturated heterocycles. The lowest BCUT2D eigenvalue weighted by atomic mass is 10.0. The summed E-state index contributed by atoms with van der Waals surface area (Å²) in [6, 6.07) is 7.41. The minimum atomic E-state index is 0.524. The lowest BCUT2D eigenvalue weighted by Crippen LogP contribution is -2.36. The smallest absolute Gasteiger partial charge is 0.0590 e. The van der Waals surface area contributed by atoms with Crippen molar-refractivity contribution in [1.29, 1.82) is 0 Å². The summed E-state index contributed by atoms with van der Waals surface area (Å²) in [4.78, 5) is 2.53. The molecule has 18 heavy (non-hydrogen) atoms. The van der Waals surface area contributed by atoms with E-state index < -0.39 is 0 Å². The van der Waals surface area contributed by atoms with E-state index in [2.05, 4.69) is 30.9 Å². The molecule has 2 N–H and O–H groups in total. The van der Waals surface area contributed by atoms with E-state index in [1.165, 1.54) is 17.5 Å². The van der Waals surface area contributed by atoms with Crippen LogP contribution in [0.4, 0.5) is 5.69 Å². The van der Waals surface area contributed by atoms with Crippen molar-refractivity contribution in [3.8, 4) is 0 Å². The fourth-order valence-corrected chi connectivity index (χ4v) is 2.93. The number of hydrogen-bond donors (Lipinski definition) is 1. The molecule has 1 aromatic carbocycles. The van der Waals surface area contributed by atoms with Gasteiger partial charge in [-0.2, -0.15) is 0 Å². The van der Waals surface area contributed by atoms with Crippen molar-refractivity contribution >= 4 is 5.69 Å². The van der Waals surface area contributed by atoms with Crippen molar-refractivity contribution < 1.29 is 4.74 Å². The first-order valence-electron chi connectivity index (χ1n) is 6.76. The van der Waals surface area contributed by atoms with Gasteiger partial charge in [-0.15, -0.1) is 0 Å². The number of aryl methyl sites for hydroxylation is 1. The molecule has 0 fully saturated rings. The molecule has 0 aliphatic heterocycles. The standard InChI is InChI=1S/C15H24N2O/c1-11(2)17(8-9-18-3)15-7-4-12-10-13(16)5-6-14(12)15/h5-6,10-11,15H,4,7-9,16H2,1-3H3. The molecule has 3 nitrogen and oxygen atoms in total. The number of rotatable bonds is 5. The van der Waals surface area contributed by atoms with Crippen LogP contribution in [0, 0.1) is 0 Å². The Morgan fingerprint density at radius 3 is 2.89 bits per heavy atom. The summed E-state index contributed by atoms with van der Waals surface area (Å²) >= 11 is 0. The quantitative estimate of drug-likeness (QED) is 0.814. The van der Waals surface area contributed by atoms with Gasteiger partial charge >= 0.3 is 0 Å². The number of nitrogens with two attached hydrogens (primary N) is 1. The second-order valence-electron chi connectivity index (χ2n) is 5.34. The summed E-state index contributed by atoms with van der Waals surface area (Å²) in [5.41, 5.74) is 9.61. The van der Waals surface area contributed by atoms with Gasteiger partial charge in [0.15, 0.2) is 0 Å². The molecular weight excluding hydrogens is 224 g/mol. The molecule has 0 bridgehead atoms. The van der Waals surface area contributed by atoms with Crippen molar-refractivity contribution in [2.45, 2.75) is 38.8 Å². The topological polar surface area (TPSA) is 38.5 Å². The van der Waals surface area contributed by atoms with Gasteiger partial charge in [-0.1, -0.05) is 6.07 Å². The predicted molar refractivity (Wildman–Crippen MR) is 75.6 cm³/mol. The first-order valence-corrected chi connectivity index (χ1v) is 6.76. The molecule has 0 spiro atoms. The molecule has 0 amide bonds. The Hall–Kier alpha value is -1.06. The molecule has 1 aliphatic carbocycles. The van der Waals surface area contributed by atoms with Crippen molar-refractivity contribution in [1.82, 2.24) is 4.90 Å². The van der Waals surface area contributed by atoms with Gasteiger partial charge in [0, 0.05) is 31.4 Å². The third kappa shape index (κ3) is 2.68.